The van der Waals surface area contributed by atoms with E-state index in [9.17, 15) is 13.2 Å². The van der Waals surface area contributed by atoms with Crippen LogP contribution < -0.4 is 4.74 Å². The second-order valence-corrected chi connectivity index (χ2v) is 6.55. The molecule has 144 valence electrons. The van der Waals surface area contributed by atoms with Gasteiger partial charge in [-0.15, -0.1) is 0 Å². The van der Waals surface area contributed by atoms with Crippen molar-refractivity contribution in [3.05, 3.63) is 89.4 Å². The molecule has 6 heteroatoms. The Kier molecular flexibility index (Phi) is 4.96. The topological polar surface area (TPSA) is 48.8 Å². The largest absolute Gasteiger partial charge is 0.489 e. The van der Waals surface area contributed by atoms with Gasteiger partial charge in [-0.3, -0.25) is 0 Å². The zero-order valence-corrected chi connectivity index (χ0v) is 15.2. The van der Waals surface area contributed by atoms with Crippen molar-refractivity contribution in [2.75, 3.05) is 0 Å². The number of aromatic amines is 1. The van der Waals surface area contributed by atoms with E-state index in [4.69, 9.17) is 10.00 Å². The second kappa shape index (κ2) is 7.72. The number of hydrogen-bond donors (Lipinski definition) is 1. The predicted octanol–water partition coefficient (Wildman–Crippen LogP) is 5.90. The van der Waals surface area contributed by atoms with Gasteiger partial charge >= 0.3 is 0 Å². The van der Waals surface area contributed by atoms with Crippen LogP contribution in [0.3, 0.4) is 0 Å². The molecule has 0 atom stereocenters. The standard InChI is InChI=1S/C23H15F3N2O/c24-20-6-4-14(18-2-1-3-21(25)23(18)26)10-16(20)13-29-17-5-7-22-19(11-17)15(8-9-27)12-28-22/h1-7,10-12,28H,8,13H2. The predicted molar refractivity (Wildman–Crippen MR) is 104 cm³/mol. The average Bonchev–Trinajstić information content (AvgIpc) is 3.12. The fourth-order valence-electron chi connectivity index (χ4n) is 3.22. The van der Waals surface area contributed by atoms with Gasteiger partial charge in [0.2, 0.25) is 0 Å². The average molecular weight is 392 g/mol. The van der Waals surface area contributed by atoms with E-state index >= 15 is 0 Å². The van der Waals surface area contributed by atoms with Crippen LogP contribution in [0.25, 0.3) is 22.0 Å². The molecule has 0 amide bonds. The maximum Gasteiger partial charge on any atom is 0.166 e. The Hall–Kier alpha value is -3.72. The van der Waals surface area contributed by atoms with E-state index in [2.05, 4.69) is 11.1 Å². The molecular weight excluding hydrogens is 377 g/mol. The highest BCUT2D eigenvalue weighted by Gasteiger charge is 2.13. The number of nitrogens with zero attached hydrogens (tertiary/aromatic N) is 1. The molecule has 1 N–H and O–H groups in total. The zero-order chi connectivity index (χ0) is 20.4. The van der Waals surface area contributed by atoms with Gasteiger partial charge in [-0.05, 0) is 47.5 Å². The van der Waals surface area contributed by atoms with E-state index in [1.165, 1.54) is 30.3 Å². The zero-order valence-electron chi connectivity index (χ0n) is 15.2. The minimum Gasteiger partial charge on any atom is -0.489 e. The van der Waals surface area contributed by atoms with Crippen LogP contribution in [0.5, 0.6) is 5.75 Å². The SMILES string of the molecule is N#CCc1c[nH]c2ccc(OCc3cc(-c4cccc(F)c4F)ccc3F)cc12. The molecule has 0 spiro atoms. The van der Waals surface area contributed by atoms with Crippen LogP contribution in [0.1, 0.15) is 11.1 Å². The van der Waals surface area contributed by atoms with Gasteiger partial charge in [0.05, 0.1) is 12.5 Å². The molecule has 29 heavy (non-hydrogen) atoms. The van der Waals surface area contributed by atoms with Gasteiger partial charge < -0.3 is 9.72 Å². The Labute approximate surface area is 165 Å². The Morgan fingerprint density at radius 3 is 2.62 bits per heavy atom. The number of H-pyrrole nitrogens is 1. The van der Waals surface area contributed by atoms with Crippen LogP contribution >= 0.6 is 0 Å². The summed E-state index contributed by atoms with van der Waals surface area (Å²) < 4.78 is 47.5. The van der Waals surface area contributed by atoms with Gasteiger partial charge in [0.1, 0.15) is 18.2 Å². The van der Waals surface area contributed by atoms with Gasteiger partial charge in [-0.2, -0.15) is 5.26 Å². The Morgan fingerprint density at radius 2 is 1.79 bits per heavy atom. The fraction of sp³-hybridized carbons (Fsp3) is 0.0870. The van der Waals surface area contributed by atoms with Crippen molar-refractivity contribution >= 4 is 10.9 Å². The summed E-state index contributed by atoms with van der Waals surface area (Å²) in [4.78, 5) is 3.09. The number of aromatic nitrogens is 1. The van der Waals surface area contributed by atoms with E-state index in [1.807, 2.05) is 6.07 Å². The third-order valence-electron chi connectivity index (χ3n) is 4.71. The molecule has 0 radical (unpaired) electrons. The highest BCUT2D eigenvalue weighted by molar-refractivity contribution is 5.84. The first-order chi connectivity index (χ1) is 14.1. The normalized spacial score (nSPS) is 10.8. The Bertz CT molecular complexity index is 1240. The number of hydrogen-bond acceptors (Lipinski definition) is 2. The lowest BCUT2D eigenvalue weighted by atomic mass is 10.0. The monoisotopic (exact) mass is 392 g/mol. The second-order valence-electron chi connectivity index (χ2n) is 6.55. The molecule has 3 aromatic carbocycles. The summed E-state index contributed by atoms with van der Waals surface area (Å²) in [6, 6.07) is 15.4. The summed E-state index contributed by atoms with van der Waals surface area (Å²) in [5.41, 5.74) is 2.36. The number of nitriles is 1. The summed E-state index contributed by atoms with van der Waals surface area (Å²) >= 11 is 0. The molecule has 0 aliphatic heterocycles. The lowest BCUT2D eigenvalue weighted by Crippen LogP contribution is -2.00. The van der Waals surface area contributed by atoms with E-state index < -0.39 is 17.5 Å². The highest BCUT2D eigenvalue weighted by atomic mass is 19.2. The minimum absolute atomic E-state index is 0.0566. The first kappa shape index (κ1) is 18.6. The lowest BCUT2D eigenvalue weighted by molar-refractivity contribution is 0.300. The first-order valence-electron chi connectivity index (χ1n) is 8.89. The first-order valence-corrected chi connectivity index (χ1v) is 8.89. The molecular formula is C23H15F3N2O. The molecule has 1 aromatic heterocycles. The Morgan fingerprint density at radius 1 is 0.931 bits per heavy atom. The van der Waals surface area contributed by atoms with Gasteiger partial charge in [-0.25, -0.2) is 13.2 Å². The van der Waals surface area contributed by atoms with E-state index in [-0.39, 0.29) is 24.2 Å². The van der Waals surface area contributed by atoms with Crippen LogP contribution in [-0.2, 0) is 13.0 Å². The molecule has 0 fully saturated rings. The Balaban J connectivity index is 1.60. The van der Waals surface area contributed by atoms with Gasteiger partial charge in [0, 0.05) is 28.2 Å². The minimum atomic E-state index is -0.978. The summed E-state index contributed by atoms with van der Waals surface area (Å²) in [7, 11) is 0. The molecule has 0 bridgehead atoms. The van der Waals surface area contributed by atoms with Crippen molar-refractivity contribution in [2.45, 2.75) is 13.0 Å². The number of fused-ring (bicyclic) bond motifs is 1. The third kappa shape index (κ3) is 3.67. The molecule has 0 aliphatic rings. The van der Waals surface area contributed by atoms with Crippen molar-refractivity contribution in [3.8, 4) is 22.9 Å². The number of halogens is 3. The van der Waals surface area contributed by atoms with Crippen LogP contribution in [0.15, 0.2) is 60.8 Å². The van der Waals surface area contributed by atoms with E-state index in [0.29, 0.717) is 11.3 Å². The molecule has 0 saturated heterocycles. The quantitative estimate of drug-likeness (QED) is 0.460. The molecule has 1 heterocycles. The van der Waals surface area contributed by atoms with Crippen molar-refractivity contribution in [3.63, 3.8) is 0 Å². The van der Waals surface area contributed by atoms with E-state index in [0.717, 1.165) is 22.5 Å². The summed E-state index contributed by atoms with van der Waals surface area (Å²) in [5.74, 6) is -1.93. The van der Waals surface area contributed by atoms with Crippen LogP contribution in [-0.4, -0.2) is 4.98 Å². The third-order valence-corrected chi connectivity index (χ3v) is 4.71. The molecule has 3 nitrogen and oxygen atoms in total. The van der Waals surface area contributed by atoms with E-state index in [1.54, 1.807) is 18.3 Å². The van der Waals surface area contributed by atoms with Crippen molar-refractivity contribution in [2.24, 2.45) is 0 Å². The number of nitrogens with one attached hydrogen (secondary N) is 1. The van der Waals surface area contributed by atoms with Gasteiger partial charge in [0.15, 0.2) is 11.6 Å². The molecule has 4 rings (SSSR count). The van der Waals surface area contributed by atoms with Gasteiger partial charge in [0.25, 0.3) is 0 Å². The number of rotatable bonds is 5. The van der Waals surface area contributed by atoms with Crippen molar-refractivity contribution < 1.29 is 17.9 Å². The van der Waals surface area contributed by atoms with Crippen LogP contribution in [0.2, 0.25) is 0 Å². The lowest BCUT2D eigenvalue weighted by Gasteiger charge is -2.10. The molecule has 0 saturated carbocycles. The molecule has 0 aliphatic carbocycles. The van der Waals surface area contributed by atoms with Crippen molar-refractivity contribution in [1.29, 1.82) is 5.26 Å². The number of ether oxygens (including phenoxy) is 1. The maximum absolute atomic E-state index is 14.2. The maximum atomic E-state index is 14.2. The van der Waals surface area contributed by atoms with Crippen LogP contribution in [0.4, 0.5) is 13.2 Å². The summed E-state index contributed by atoms with van der Waals surface area (Å²) in [6.07, 6.45) is 2.04. The number of benzene rings is 3. The molecule has 4 aromatic rings. The summed E-state index contributed by atoms with van der Waals surface area (Å²) in [6.45, 7) is -0.0832. The summed E-state index contributed by atoms with van der Waals surface area (Å²) in [5, 5.41) is 9.78. The smallest absolute Gasteiger partial charge is 0.166 e. The van der Waals surface area contributed by atoms with Crippen molar-refractivity contribution in [1.82, 2.24) is 4.98 Å². The fourth-order valence-corrected chi connectivity index (χ4v) is 3.22. The highest BCUT2D eigenvalue weighted by Crippen LogP contribution is 2.28. The van der Waals surface area contributed by atoms with Crippen LogP contribution in [0, 0.1) is 28.8 Å². The molecule has 0 unspecified atom stereocenters. The van der Waals surface area contributed by atoms with Gasteiger partial charge in [-0.1, -0.05) is 18.2 Å².